The summed E-state index contributed by atoms with van der Waals surface area (Å²) in [5, 5.41) is 27.0. The zero-order valence-corrected chi connectivity index (χ0v) is 17.8. The molecular weight excluding hydrogens is 432 g/mol. The van der Waals surface area contributed by atoms with Crippen LogP contribution < -0.4 is 10.1 Å². The third-order valence-electron chi connectivity index (χ3n) is 4.37. The lowest BCUT2D eigenvalue weighted by atomic mass is 10.2. The smallest absolute Gasteiger partial charge is 0.269 e. The van der Waals surface area contributed by atoms with E-state index < -0.39 is 4.92 Å². The molecule has 0 aliphatic carbocycles. The van der Waals surface area contributed by atoms with Gasteiger partial charge in [0.1, 0.15) is 10.8 Å². The van der Waals surface area contributed by atoms with Crippen LogP contribution in [0.3, 0.4) is 0 Å². The Balaban J connectivity index is 1.44. The van der Waals surface area contributed by atoms with Gasteiger partial charge in [-0.05, 0) is 55.5 Å². The van der Waals surface area contributed by atoms with E-state index in [2.05, 4.69) is 20.6 Å². The number of carbonyl (C=O) groups excluding carboxylic acids is 1. The highest BCUT2D eigenvalue weighted by molar-refractivity contribution is 7.99. The predicted octanol–water partition coefficient (Wildman–Crippen LogP) is 3.83. The maximum atomic E-state index is 12.3. The van der Waals surface area contributed by atoms with Crippen LogP contribution in [0.5, 0.6) is 5.75 Å². The van der Waals surface area contributed by atoms with Crippen molar-refractivity contribution in [2.75, 3.05) is 17.7 Å². The third kappa shape index (κ3) is 4.83. The number of thioether (sulfide) groups is 1. The Bertz CT molecular complexity index is 1260. The topological polar surface area (TPSA) is 125 Å². The van der Waals surface area contributed by atoms with Crippen LogP contribution in [0.15, 0.2) is 65.7 Å². The molecule has 1 N–H and O–H groups in total. The maximum absolute atomic E-state index is 12.3. The van der Waals surface area contributed by atoms with Gasteiger partial charge >= 0.3 is 0 Å². The summed E-state index contributed by atoms with van der Waals surface area (Å²) in [6.07, 6.45) is 0. The number of hydrogen-bond acceptors (Lipinski definition) is 8. The molecule has 1 amide bonds. The number of rotatable bonds is 8. The average molecular weight is 450 g/mol. The van der Waals surface area contributed by atoms with E-state index in [1.807, 2.05) is 31.2 Å². The van der Waals surface area contributed by atoms with Gasteiger partial charge in [0.2, 0.25) is 5.91 Å². The average Bonchev–Trinajstić information content (AvgIpc) is 3.22. The number of anilines is 1. The summed E-state index contributed by atoms with van der Waals surface area (Å²) in [5.41, 5.74) is 1.88. The van der Waals surface area contributed by atoms with Gasteiger partial charge in [-0.2, -0.15) is 9.61 Å². The van der Waals surface area contributed by atoms with Crippen molar-refractivity contribution in [3.8, 4) is 17.1 Å². The summed E-state index contributed by atoms with van der Waals surface area (Å²) in [6.45, 7) is 2.52. The fraction of sp³-hybridized carbons (Fsp3) is 0.143. The van der Waals surface area contributed by atoms with Gasteiger partial charge in [-0.15, -0.1) is 10.2 Å². The fourth-order valence-electron chi connectivity index (χ4n) is 2.90. The van der Waals surface area contributed by atoms with E-state index in [4.69, 9.17) is 4.74 Å². The highest BCUT2D eigenvalue weighted by atomic mass is 32.2. The second-order valence-electron chi connectivity index (χ2n) is 6.56. The molecular formula is C21H18N6O4S. The fourth-order valence-corrected chi connectivity index (χ4v) is 3.55. The van der Waals surface area contributed by atoms with E-state index in [0.29, 0.717) is 28.8 Å². The molecule has 0 spiro atoms. The minimum atomic E-state index is -0.490. The highest BCUT2D eigenvalue weighted by Crippen LogP contribution is 2.23. The molecule has 2 aromatic heterocycles. The van der Waals surface area contributed by atoms with E-state index in [-0.39, 0.29) is 17.3 Å². The van der Waals surface area contributed by atoms with Gasteiger partial charge in [-0.3, -0.25) is 14.9 Å². The Labute approximate surface area is 186 Å². The van der Waals surface area contributed by atoms with Crippen molar-refractivity contribution in [3.05, 3.63) is 70.8 Å². The molecule has 0 saturated carbocycles. The molecule has 0 bridgehead atoms. The van der Waals surface area contributed by atoms with E-state index >= 15 is 0 Å². The van der Waals surface area contributed by atoms with Gasteiger partial charge in [0.15, 0.2) is 11.5 Å². The van der Waals surface area contributed by atoms with E-state index in [1.165, 1.54) is 36.0 Å². The summed E-state index contributed by atoms with van der Waals surface area (Å²) in [4.78, 5) is 22.5. The Morgan fingerprint density at radius 3 is 2.53 bits per heavy atom. The Morgan fingerprint density at radius 2 is 1.84 bits per heavy atom. The number of hydrogen-bond donors (Lipinski definition) is 1. The van der Waals surface area contributed by atoms with E-state index in [9.17, 15) is 14.9 Å². The van der Waals surface area contributed by atoms with Crippen molar-refractivity contribution >= 4 is 34.7 Å². The molecule has 4 aromatic rings. The number of amides is 1. The van der Waals surface area contributed by atoms with Crippen LogP contribution >= 0.6 is 11.8 Å². The van der Waals surface area contributed by atoms with Crippen molar-refractivity contribution in [2.24, 2.45) is 0 Å². The number of nitro groups is 1. The summed E-state index contributed by atoms with van der Waals surface area (Å²) >= 11 is 1.26. The van der Waals surface area contributed by atoms with Gasteiger partial charge < -0.3 is 10.1 Å². The molecule has 0 radical (unpaired) electrons. The van der Waals surface area contributed by atoms with Crippen molar-refractivity contribution in [1.29, 1.82) is 0 Å². The minimum Gasteiger partial charge on any atom is -0.494 e. The van der Waals surface area contributed by atoms with Gasteiger partial charge in [-0.25, -0.2) is 0 Å². The molecule has 32 heavy (non-hydrogen) atoms. The second kappa shape index (κ2) is 9.43. The van der Waals surface area contributed by atoms with Crippen LogP contribution in [0, 0.1) is 10.1 Å². The number of ether oxygens (including phenoxy) is 1. The number of non-ortho nitro benzene ring substituents is 1. The van der Waals surface area contributed by atoms with Crippen LogP contribution in [-0.2, 0) is 4.79 Å². The molecule has 0 aliphatic rings. The number of nitrogens with zero attached hydrogens (tertiary/aromatic N) is 5. The van der Waals surface area contributed by atoms with Crippen LogP contribution in [0.1, 0.15) is 6.92 Å². The molecule has 0 unspecified atom stereocenters. The number of benzene rings is 2. The monoisotopic (exact) mass is 450 g/mol. The number of nitro benzene ring substituents is 1. The van der Waals surface area contributed by atoms with Crippen molar-refractivity contribution in [3.63, 3.8) is 0 Å². The zero-order chi connectivity index (χ0) is 22.5. The van der Waals surface area contributed by atoms with Crippen LogP contribution in [0.2, 0.25) is 0 Å². The van der Waals surface area contributed by atoms with Crippen molar-refractivity contribution in [1.82, 2.24) is 19.8 Å². The first-order valence-electron chi connectivity index (χ1n) is 9.66. The predicted molar refractivity (Wildman–Crippen MR) is 120 cm³/mol. The third-order valence-corrected chi connectivity index (χ3v) is 5.29. The minimum absolute atomic E-state index is 0.0350. The van der Waals surface area contributed by atoms with Gasteiger partial charge in [-0.1, -0.05) is 11.8 Å². The van der Waals surface area contributed by atoms with E-state index in [1.54, 1.807) is 16.6 Å². The summed E-state index contributed by atoms with van der Waals surface area (Å²) < 4.78 is 7.10. The zero-order valence-electron chi connectivity index (χ0n) is 17.0. The first kappa shape index (κ1) is 21.2. The molecule has 11 heteroatoms. The molecule has 4 rings (SSSR count). The summed E-state index contributed by atoms with van der Waals surface area (Å²) in [7, 11) is 0. The number of aromatic nitrogens is 4. The SMILES string of the molecule is CCOc1ccc(-c2nnc3ccc(SCC(=O)Nc4ccc([N+](=O)[O-])cc4)nn23)cc1. The maximum Gasteiger partial charge on any atom is 0.269 e. The number of nitrogens with one attached hydrogen (secondary N) is 1. The normalized spacial score (nSPS) is 10.8. The molecule has 2 aromatic carbocycles. The molecule has 0 fully saturated rings. The van der Waals surface area contributed by atoms with Crippen LogP contribution in [0.25, 0.3) is 17.0 Å². The summed E-state index contributed by atoms with van der Waals surface area (Å²) in [6, 6.07) is 16.7. The second-order valence-corrected chi connectivity index (χ2v) is 7.56. The molecule has 162 valence electrons. The Hall–Kier alpha value is -3.99. The van der Waals surface area contributed by atoms with E-state index in [0.717, 1.165) is 11.3 Å². The first-order chi connectivity index (χ1) is 15.5. The van der Waals surface area contributed by atoms with Gasteiger partial charge in [0, 0.05) is 23.4 Å². The molecule has 0 atom stereocenters. The van der Waals surface area contributed by atoms with Crippen molar-refractivity contribution in [2.45, 2.75) is 11.9 Å². The Morgan fingerprint density at radius 1 is 1.09 bits per heavy atom. The first-order valence-corrected chi connectivity index (χ1v) is 10.6. The molecule has 2 heterocycles. The van der Waals surface area contributed by atoms with Crippen LogP contribution in [0.4, 0.5) is 11.4 Å². The lowest BCUT2D eigenvalue weighted by Gasteiger charge is -2.06. The number of carbonyl (C=O) groups is 1. The highest BCUT2D eigenvalue weighted by Gasteiger charge is 2.12. The van der Waals surface area contributed by atoms with Gasteiger partial charge in [0.25, 0.3) is 5.69 Å². The molecule has 0 aliphatic heterocycles. The number of fused-ring (bicyclic) bond motifs is 1. The Kier molecular flexibility index (Phi) is 6.26. The van der Waals surface area contributed by atoms with Crippen LogP contribution in [-0.4, -0.2) is 43.0 Å². The van der Waals surface area contributed by atoms with Gasteiger partial charge in [0.05, 0.1) is 17.3 Å². The molecule has 10 nitrogen and oxygen atoms in total. The standard InChI is InChI=1S/C21H18N6O4S/c1-2-31-17-9-3-14(4-10-17)21-24-23-18-11-12-20(25-26(18)21)32-13-19(28)22-15-5-7-16(8-6-15)27(29)30/h3-12H,2,13H2,1H3,(H,22,28). The quantitative estimate of drug-likeness (QED) is 0.244. The largest absolute Gasteiger partial charge is 0.494 e. The van der Waals surface area contributed by atoms with Crippen molar-refractivity contribution < 1.29 is 14.5 Å². The lowest BCUT2D eigenvalue weighted by molar-refractivity contribution is -0.384. The summed E-state index contributed by atoms with van der Waals surface area (Å²) in [5.74, 6) is 1.23. The molecule has 0 saturated heterocycles. The lowest BCUT2D eigenvalue weighted by Crippen LogP contribution is -2.14.